The molecule has 1 unspecified atom stereocenters. The second-order valence-electron chi connectivity index (χ2n) is 8.13. The Morgan fingerprint density at radius 2 is 2.21 bits per heavy atom. The third-order valence-electron chi connectivity index (χ3n) is 5.96. The average molecular weight is 475 g/mol. The number of hydrogen-bond acceptors (Lipinski definition) is 7. The second kappa shape index (κ2) is 8.82. The summed E-state index contributed by atoms with van der Waals surface area (Å²) >= 11 is 1.25. The predicted octanol–water partition coefficient (Wildman–Crippen LogP) is 3.78. The number of fused-ring (bicyclic) bond motifs is 1. The van der Waals surface area contributed by atoms with E-state index in [-0.39, 0.29) is 12.4 Å². The maximum absolute atomic E-state index is 14.6. The van der Waals surface area contributed by atoms with E-state index in [0.29, 0.717) is 40.5 Å². The van der Waals surface area contributed by atoms with Crippen LogP contribution in [0.2, 0.25) is 0 Å². The van der Waals surface area contributed by atoms with Crippen LogP contribution < -0.4 is 11.1 Å². The molecule has 0 amide bonds. The van der Waals surface area contributed by atoms with Gasteiger partial charge in [0, 0.05) is 35.6 Å². The van der Waals surface area contributed by atoms with Gasteiger partial charge >= 0.3 is 0 Å². The number of alkyl halides is 1. The molecule has 1 fully saturated rings. The monoisotopic (exact) mass is 474 g/mol. The number of hydrogen-bond donors (Lipinski definition) is 4. The summed E-state index contributed by atoms with van der Waals surface area (Å²) in [5.74, 6) is -0.380. The highest BCUT2D eigenvalue weighted by Crippen LogP contribution is 2.36. The van der Waals surface area contributed by atoms with Gasteiger partial charge in [0.2, 0.25) is 0 Å². The minimum Gasteiger partial charge on any atom is -0.369 e. The van der Waals surface area contributed by atoms with Crippen LogP contribution in [0, 0.1) is 5.82 Å². The third-order valence-corrected chi connectivity index (χ3v) is 6.84. The Labute approximate surface area is 192 Å². The van der Waals surface area contributed by atoms with Crippen LogP contribution in [-0.4, -0.2) is 43.7 Å². The Hall–Kier alpha value is -2.86. The maximum atomic E-state index is 14.6. The molecule has 8 nitrogen and oxygen atoms in total. The van der Waals surface area contributed by atoms with Crippen molar-refractivity contribution in [3.8, 4) is 10.6 Å². The molecule has 0 spiro atoms. The fourth-order valence-corrected chi connectivity index (χ4v) is 5.06. The van der Waals surface area contributed by atoms with E-state index in [1.54, 1.807) is 41.6 Å². The number of anilines is 1. The Kier molecular flexibility index (Phi) is 5.87. The molecule has 174 valence electrons. The number of rotatable bonds is 5. The van der Waals surface area contributed by atoms with Crippen LogP contribution in [0.1, 0.15) is 36.6 Å². The lowest BCUT2D eigenvalue weighted by Gasteiger charge is -2.19. The van der Waals surface area contributed by atoms with E-state index < -0.39 is 24.5 Å². The number of ether oxygens (including phenoxy) is 1. The summed E-state index contributed by atoms with van der Waals surface area (Å²) in [5, 5.41) is 21.0. The largest absolute Gasteiger partial charge is 0.369 e. The van der Waals surface area contributed by atoms with Gasteiger partial charge in [-0.1, -0.05) is 0 Å². The first-order valence-electron chi connectivity index (χ1n) is 10.6. The lowest BCUT2D eigenvalue weighted by atomic mass is 10.0. The number of aliphatic hydroxyl groups excluding tert-OH is 1. The van der Waals surface area contributed by atoms with E-state index in [0.717, 1.165) is 10.9 Å². The van der Waals surface area contributed by atoms with Crippen LogP contribution in [0.25, 0.3) is 21.5 Å². The van der Waals surface area contributed by atoms with Gasteiger partial charge in [-0.15, -0.1) is 11.3 Å². The molecule has 1 aliphatic heterocycles. The molecule has 11 heteroatoms. The molecule has 33 heavy (non-hydrogen) atoms. The van der Waals surface area contributed by atoms with Crippen molar-refractivity contribution in [2.45, 2.75) is 37.4 Å². The van der Waals surface area contributed by atoms with Gasteiger partial charge in [-0.05, 0) is 31.0 Å². The van der Waals surface area contributed by atoms with Crippen molar-refractivity contribution in [1.29, 1.82) is 0 Å². The first kappa shape index (κ1) is 22.0. The SMILES string of the molecule is Cn1ncc(NC(O)c2csc(-c3c(F)ccc4[nH]ccc34)n2)c1[C@@H]1CC[C@@H](N)[C@H](F)CO1. The van der Waals surface area contributed by atoms with Gasteiger partial charge < -0.3 is 25.9 Å². The highest BCUT2D eigenvalue weighted by Gasteiger charge is 2.30. The fraction of sp³-hybridized carbons (Fsp3) is 0.364. The van der Waals surface area contributed by atoms with E-state index in [1.807, 2.05) is 0 Å². The summed E-state index contributed by atoms with van der Waals surface area (Å²) in [7, 11) is 1.76. The van der Waals surface area contributed by atoms with E-state index in [4.69, 9.17) is 10.5 Å². The standard InChI is InChI=1S/C22H24F2N6O2S/c1-30-20(18-5-3-14(25)13(24)9-32-18)16(8-27-30)28-21(31)17-10-33-22(29-17)19-11-6-7-26-15(11)4-2-12(19)23/h2,4,6-8,10,13-14,18,21,26,28,31H,3,5,9,25H2,1H3/t13-,14-,18+,21?/m1/s1. The first-order valence-corrected chi connectivity index (χ1v) is 11.5. The van der Waals surface area contributed by atoms with E-state index >= 15 is 0 Å². The van der Waals surface area contributed by atoms with Crippen LogP contribution in [0.5, 0.6) is 0 Å². The summed E-state index contributed by atoms with van der Waals surface area (Å²) in [4.78, 5) is 7.54. The highest BCUT2D eigenvalue weighted by atomic mass is 32.1. The highest BCUT2D eigenvalue weighted by molar-refractivity contribution is 7.13. The molecule has 0 radical (unpaired) electrons. The minimum absolute atomic E-state index is 0.0925. The van der Waals surface area contributed by atoms with Crippen molar-refractivity contribution < 1.29 is 18.6 Å². The Morgan fingerprint density at radius 1 is 1.36 bits per heavy atom. The molecule has 4 heterocycles. The quantitative estimate of drug-likeness (QED) is 0.327. The molecule has 5 rings (SSSR count). The van der Waals surface area contributed by atoms with E-state index in [2.05, 4.69) is 20.4 Å². The van der Waals surface area contributed by atoms with Crippen molar-refractivity contribution in [3.05, 3.63) is 53.2 Å². The number of H-pyrrole nitrogens is 1. The van der Waals surface area contributed by atoms with Crippen molar-refractivity contribution in [2.75, 3.05) is 11.9 Å². The lowest BCUT2D eigenvalue weighted by Crippen LogP contribution is -2.32. The summed E-state index contributed by atoms with van der Waals surface area (Å²) in [5.41, 5.74) is 8.63. The fourth-order valence-electron chi connectivity index (χ4n) is 4.17. The average Bonchev–Trinajstić information content (AvgIpc) is 3.52. The number of aryl methyl sites for hydroxylation is 1. The molecule has 3 aromatic heterocycles. The second-order valence-corrected chi connectivity index (χ2v) is 8.99. The number of nitrogens with one attached hydrogen (secondary N) is 2. The van der Waals surface area contributed by atoms with Gasteiger partial charge in [-0.3, -0.25) is 4.68 Å². The van der Waals surface area contributed by atoms with Crippen molar-refractivity contribution >= 4 is 27.9 Å². The third kappa shape index (κ3) is 4.12. The summed E-state index contributed by atoms with van der Waals surface area (Å²) in [6.07, 6.45) is 1.54. The maximum Gasteiger partial charge on any atom is 0.169 e. The number of benzene rings is 1. The summed E-state index contributed by atoms with van der Waals surface area (Å²) in [6, 6.07) is 4.30. The summed E-state index contributed by atoms with van der Waals surface area (Å²) < 4.78 is 36.0. The number of halogens is 2. The molecule has 4 atom stereocenters. The molecule has 0 saturated carbocycles. The molecule has 5 N–H and O–H groups in total. The zero-order chi connectivity index (χ0) is 23.1. The van der Waals surface area contributed by atoms with Crippen molar-refractivity contribution in [1.82, 2.24) is 19.7 Å². The lowest BCUT2D eigenvalue weighted by molar-refractivity contribution is 0.0246. The zero-order valence-corrected chi connectivity index (χ0v) is 18.6. The Morgan fingerprint density at radius 3 is 3.06 bits per heavy atom. The number of nitrogens with two attached hydrogens (primary N) is 1. The van der Waals surface area contributed by atoms with Crippen molar-refractivity contribution in [3.63, 3.8) is 0 Å². The smallest absolute Gasteiger partial charge is 0.169 e. The Balaban J connectivity index is 1.38. The molecule has 0 aliphatic carbocycles. The molecule has 4 aromatic rings. The first-order chi connectivity index (χ1) is 15.9. The minimum atomic E-state index is -1.22. The molecular formula is C22H24F2N6O2S. The summed E-state index contributed by atoms with van der Waals surface area (Å²) in [6.45, 7) is -0.0925. The number of thiazole rings is 1. The van der Waals surface area contributed by atoms with Gasteiger partial charge in [0.25, 0.3) is 0 Å². The predicted molar refractivity (Wildman–Crippen MR) is 122 cm³/mol. The van der Waals surface area contributed by atoms with Crippen LogP contribution in [0.4, 0.5) is 14.5 Å². The van der Waals surface area contributed by atoms with Gasteiger partial charge in [0.1, 0.15) is 28.8 Å². The van der Waals surface area contributed by atoms with Gasteiger partial charge in [0.05, 0.1) is 29.7 Å². The van der Waals surface area contributed by atoms with Crippen LogP contribution in [0.3, 0.4) is 0 Å². The van der Waals surface area contributed by atoms with Crippen molar-refractivity contribution in [2.24, 2.45) is 12.8 Å². The topological polar surface area (TPSA) is 114 Å². The number of aliphatic hydroxyl groups is 1. The molecule has 0 bridgehead atoms. The molecule has 1 aromatic carbocycles. The van der Waals surface area contributed by atoms with Crippen LogP contribution in [0.15, 0.2) is 36.0 Å². The van der Waals surface area contributed by atoms with Gasteiger partial charge in [-0.2, -0.15) is 5.10 Å². The molecule has 1 aliphatic rings. The number of nitrogens with zero attached hydrogens (tertiary/aromatic N) is 3. The number of aromatic nitrogens is 4. The van der Waals surface area contributed by atoms with Gasteiger partial charge in [-0.25, -0.2) is 13.8 Å². The van der Waals surface area contributed by atoms with E-state index in [1.165, 1.54) is 17.4 Å². The van der Waals surface area contributed by atoms with Crippen LogP contribution in [-0.2, 0) is 11.8 Å². The molecule has 1 saturated heterocycles. The normalized spacial score (nSPS) is 22.4. The Bertz CT molecular complexity index is 1260. The van der Waals surface area contributed by atoms with Crippen LogP contribution >= 0.6 is 11.3 Å². The zero-order valence-electron chi connectivity index (χ0n) is 17.8. The molecular weight excluding hydrogens is 450 g/mol. The van der Waals surface area contributed by atoms with E-state index in [9.17, 15) is 13.9 Å². The van der Waals surface area contributed by atoms with Gasteiger partial charge in [0.15, 0.2) is 6.23 Å². The number of aromatic amines is 1.